The van der Waals surface area contributed by atoms with Crippen LogP contribution in [0.5, 0.6) is 11.5 Å². The predicted molar refractivity (Wildman–Crippen MR) is 91.2 cm³/mol. The summed E-state index contributed by atoms with van der Waals surface area (Å²) in [7, 11) is 0. The van der Waals surface area contributed by atoms with Gasteiger partial charge in [0, 0.05) is 24.2 Å². The standard InChI is InChI=1S/C18H22ClNO5/c19-13-9-17-16(24-3-4-25-17)7-12(13)8-18(22)20-1-2-23-15-6-11(10-21)5-14(15)20/h7,9,11,14-15,21H,1-6,8,10H2/t11-,14+,15?/m1/s1. The third kappa shape index (κ3) is 3.30. The third-order valence-corrected chi connectivity index (χ3v) is 5.62. The van der Waals surface area contributed by atoms with Gasteiger partial charge in [0.15, 0.2) is 11.5 Å². The van der Waals surface area contributed by atoms with Gasteiger partial charge in [0.1, 0.15) is 13.2 Å². The lowest BCUT2D eigenvalue weighted by molar-refractivity contribution is -0.143. The van der Waals surface area contributed by atoms with Crippen LogP contribution >= 0.6 is 11.6 Å². The quantitative estimate of drug-likeness (QED) is 0.879. The van der Waals surface area contributed by atoms with E-state index in [9.17, 15) is 9.90 Å². The summed E-state index contributed by atoms with van der Waals surface area (Å²) in [6.45, 7) is 2.27. The van der Waals surface area contributed by atoms with E-state index in [1.54, 1.807) is 12.1 Å². The first-order valence-electron chi connectivity index (χ1n) is 8.75. The molecule has 1 aromatic carbocycles. The molecule has 2 fully saturated rings. The predicted octanol–water partition coefficient (Wildman–Crippen LogP) is 1.65. The summed E-state index contributed by atoms with van der Waals surface area (Å²) < 4.78 is 16.9. The Balaban J connectivity index is 1.50. The fourth-order valence-electron chi connectivity index (χ4n) is 4.02. The minimum absolute atomic E-state index is 0.0330. The summed E-state index contributed by atoms with van der Waals surface area (Å²) in [5.74, 6) is 1.51. The molecule has 2 aliphatic heterocycles. The average molecular weight is 368 g/mol. The topological polar surface area (TPSA) is 68.2 Å². The van der Waals surface area contributed by atoms with Crippen molar-refractivity contribution in [3.8, 4) is 11.5 Å². The minimum Gasteiger partial charge on any atom is -0.486 e. The highest BCUT2D eigenvalue weighted by Crippen LogP contribution is 2.37. The van der Waals surface area contributed by atoms with Crippen LogP contribution in [-0.2, 0) is 16.0 Å². The van der Waals surface area contributed by atoms with Gasteiger partial charge in [-0.05, 0) is 30.4 Å². The Bertz CT molecular complexity index is 667. The highest BCUT2D eigenvalue weighted by Gasteiger charge is 2.42. The first kappa shape index (κ1) is 16.9. The molecule has 3 aliphatic rings. The SMILES string of the molecule is O=C(Cc1cc2c(cc1Cl)OCCO2)N1CCOC2C[C@H](CO)C[C@@H]21. The van der Waals surface area contributed by atoms with Gasteiger partial charge in [-0.3, -0.25) is 4.79 Å². The highest BCUT2D eigenvalue weighted by molar-refractivity contribution is 6.31. The van der Waals surface area contributed by atoms with Gasteiger partial charge in [-0.1, -0.05) is 11.6 Å². The minimum atomic E-state index is 0.0330. The lowest BCUT2D eigenvalue weighted by atomic mass is 10.1. The third-order valence-electron chi connectivity index (χ3n) is 5.27. The first-order chi connectivity index (χ1) is 12.2. The van der Waals surface area contributed by atoms with Gasteiger partial charge in [0.25, 0.3) is 0 Å². The van der Waals surface area contributed by atoms with Crippen molar-refractivity contribution in [1.82, 2.24) is 4.90 Å². The van der Waals surface area contributed by atoms with Crippen LogP contribution in [0.25, 0.3) is 0 Å². The van der Waals surface area contributed by atoms with Gasteiger partial charge in [-0.2, -0.15) is 0 Å². The number of halogens is 1. The van der Waals surface area contributed by atoms with Crippen LogP contribution in [0, 0.1) is 5.92 Å². The molecule has 2 heterocycles. The molecule has 0 bridgehead atoms. The van der Waals surface area contributed by atoms with Crippen LogP contribution < -0.4 is 9.47 Å². The van der Waals surface area contributed by atoms with E-state index in [0.29, 0.717) is 42.9 Å². The monoisotopic (exact) mass is 367 g/mol. The van der Waals surface area contributed by atoms with Crippen LogP contribution in [-0.4, -0.2) is 61.0 Å². The van der Waals surface area contributed by atoms with E-state index in [1.807, 2.05) is 4.90 Å². The Morgan fingerprint density at radius 1 is 1.20 bits per heavy atom. The number of carbonyl (C=O) groups is 1. The van der Waals surface area contributed by atoms with Crippen molar-refractivity contribution in [1.29, 1.82) is 0 Å². The summed E-state index contributed by atoms with van der Waals surface area (Å²) >= 11 is 6.34. The number of ether oxygens (including phenoxy) is 3. The number of fused-ring (bicyclic) bond motifs is 2. The fourth-order valence-corrected chi connectivity index (χ4v) is 4.24. The Hall–Kier alpha value is -1.50. The molecular weight excluding hydrogens is 346 g/mol. The zero-order valence-corrected chi connectivity index (χ0v) is 14.7. The molecular formula is C18H22ClNO5. The van der Waals surface area contributed by atoms with Crippen molar-refractivity contribution in [2.75, 3.05) is 33.0 Å². The molecule has 1 N–H and O–H groups in total. The van der Waals surface area contributed by atoms with Crippen LogP contribution in [0.3, 0.4) is 0 Å². The molecule has 4 rings (SSSR count). The fraction of sp³-hybridized carbons (Fsp3) is 0.611. The summed E-state index contributed by atoms with van der Waals surface area (Å²) in [4.78, 5) is 14.8. The van der Waals surface area contributed by atoms with E-state index < -0.39 is 0 Å². The number of hydrogen-bond acceptors (Lipinski definition) is 5. The highest BCUT2D eigenvalue weighted by atomic mass is 35.5. The largest absolute Gasteiger partial charge is 0.486 e. The number of morpholine rings is 1. The van der Waals surface area contributed by atoms with Gasteiger partial charge in [0.05, 0.1) is 25.2 Å². The molecule has 7 heteroatoms. The van der Waals surface area contributed by atoms with E-state index in [0.717, 1.165) is 18.4 Å². The summed E-state index contributed by atoms with van der Waals surface area (Å²) in [6.07, 6.45) is 1.87. The van der Waals surface area contributed by atoms with Crippen molar-refractivity contribution >= 4 is 17.5 Å². The van der Waals surface area contributed by atoms with Crippen LogP contribution in [0.2, 0.25) is 5.02 Å². The smallest absolute Gasteiger partial charge is 0.227 e. The molecule has 1 aromatic rings. The average Bonchev–Trinajstić information content (AvgIpc) is 3.05. The molecule has 6 nitrogen and oxygen atoms in total. The molecule has 3 atom stereocenters. The number of aliphatic hydroxyl groups is 1. The lowest BCUT2D eigenvalue weighted by Crippen LogP contribution is -2.51. The van der Waals surface area contributed by atoms with Gasteiger partial charge in [-0.25, -0.2) is 0 Å². The number of rotatable bonds is 3. The van der Waals surface area contributed by atoms with Crippen molar-refractivity contribution < 1.29 is 24.1 Å². The van der Waals surface area contributed by atoms with Crippen LogP contribution in [0.1, 0.15) is 18.4 Å². The van der Waals surface area contributed by atoms with Gasteiger partial charge in [-0.15, -0.1) is 0 Å². The van der Waals surface area contributed by atoms with E-state index in [1.165, 1.54) is 0 Å². The number of carbonyl (C=O) groups excluding carboxylic acids is 1. The molecule has 1 saturated carbocycles. The number of benzene rings is 1. The molecule has 0 spiro atoms. The normalized spacial score (nSPS) is 27.9. The van der Waals surface area contributed by atoms with Crippen molar-refractivity contribution in [3.63, 3.8) is 0 Å². The second-order valence-corrected chi connectivity index (χ2v) is 7.25. The molecule has 1 aliphatic carbocycles. The Morgan fingerprint density at radius 3 is 2.72 bits per heavy atom. The van der Waals surface area contributed by atoms with E-state index in [2.05, 4.69) is 0 Å². The maximum Gasteiger partial charge on any atom is 0.227 e. The summed E-state index contributed by atoms with van der Waals surface area (Å²) in [6, 6.07) is 3.57. The molecule has 0 radical (unpaired) electrons. The molecule has 1 unspecified atom stereocenters. The Labute approximate surface area is 151 Å². The molecule has 1 amide bonds. The Morgan fingerprint density at radius 2 is 1.96 bits per heavy atom. The van der Waals surface area contributed by atoms with E-state index in [-0.39, 0.29) is 37.0 Å². The van der Waals surface area contributed by atoms with E-state index in [4.69, 9.17) is 25.8 Å². The summed E-state index contributed by atoms with van der Waals surface area (Å²) in [5, 5.41) is 9.94. The maximum absolute atomic E-state index is 12.9. The van der Waals surface area contributed by atoms with E-state index >= 15 is 0 Å². The van der Waals surface area contributed by atoms with Crippen molar-refractivity contribution in [2.45, 2.75) is 31.4 Å². The maximum atomic E-state index is 12.9. The number of amides is 1. The lowest BCUT2D eigenvalue weighted by Gasteiger charge is -2.37. The second kappa shape index (κ2) is 7.02. The Kier molecular flexibility index (Phi) is 4.75. The molecule has 1 saturated heterocycles. The second-order valence-electron chi connectivity index (χ2n) is 6.85. The van der Waals surface area contributed by atoms with Gasteiger partial charge >= 0.3 is 0 Å². The zero-order chi connectivity index (χ0) is 17.4. The molecule has 136 valence electrons. The first-order valence-corrected chi connectivity index (χ1v) is 9.13. The van der Waals surface area contributed by atoms with Crippen molar-refractivity contribution in [2.24, 2.45) is 5.92 Å². The van der Waals surface area contributed by atoms with Crippen LogP contribution in [0.4, 0.5) is 0 Å². The number of hydrogen-bond donors (Lipinski definition) is 1. The zero-order valence-electron chi connectivity index (χ0n) is 13.9. The number of aliphatic hydroxyl groups excluding tert-OH is 1. The van der Waals surface area contributed by atoms with Crippen molar-refractivity contribution in [3.05, 3.63) is 22.7 Å². The molecule has 0 aromatic heterocycles. The summed E-state index contributed by atoms with van der Waals surface area (Å²) in [5.41, 5.74) is 0.746. The van der Waals surface area contributed by atoms with Crippen LogP contribution in [0.15, 0.2) is 12.1 Å². The van der Waals surface area contributed by atoms with Gasteiger partial charge < -0.3 is 24.2 Å². The van der Waals surface area contributed by atoms with Gasteiger partial charge in [0.2, 0.25) is 5.91 Å². The molecule has 25 heavy (non-hydrogen) atoms. The number of nitrogens with zero attached hydrogens (tertiary/aromatic N) is 1.